The van der Waals surface area contributed by atoms with Gasteiger partial charge in [0.15, 0.2) is 0 Å². The number of benzene rings is 1. The van der Waals surface area contributed by atoms with E-state index >= 15 is 0 Å². The highest BCUT2D eigenvalue weighted by atomic mass is 35.5. The lowest BCUT2D eigenvalue weighted by molar-refractivity contribution is -0.134. The van der Waals surface area contributed by atoms with Gasteiger partial charge in [-0.3, -0.25) is 20.3 Å². The molecule has 1 aromatic rings. The van der Waals surface area contributed by atoms with Crippen molar-refractivity contribution < 1.29 is 19.1 Å². The van der Waals surface area contributed by atoms with E-state index in [2.05, 4.69) is 10.3 Å². The molecule has 9 nitrogen and oxygen atoms in total. The van der Waals surface area contributed by atoms with Crippen LogP contribution in [0.1, 0.15) is 34.6 Å². The second-order valence-electron chi connectivity index (χ2n) is 7.40. The molecule has 2 N–H and O–H groups in total. The molecule has 0 bridgehead atoms. The first-order chi connectivity index (χ1) is 13.3. The fourth-order valence-electron chi connectivity index (χ4n) is 2.36. The highest BCUT2D eigenvalue weighted by molar-refractivity contribution is 6.54. The summed E-state index contributed by atoms with van der Waals surface area (Å²) in [6.07, 6.45) is -0.779. The average molecular weight is 442 g/mol. The third kappa shape index (κ3) is 5.24. The Kier molecular flexibility index (Phi) is 6.54. The van der Waals surface area contributed by atoms with Gasteiger partial charge in [0.05, 0.1) is 15.7 Å². The second kappa shape index (κ2) is 8.38. The van der Waals surface area contributed by atoms with Crippen LogP contribution in [0, 0.1) is 5.41 Å². The van der Waals surface area contributed by atoms with Crippen LogP contribution in [-0.2, 0) is 14.3 Å². The number of hydrogen-bond acceptors (Lipinski definition) is 5. The van der Waals surface area contributed by atoms with Crippen LogP contribution >= 0.6 is 23.2 Å². The molecule has 0 radical (unpaired) electrons. The van der Waals surface area contributed by atoms with Crippen LogP contribution in [-0.4, -0.2) is 46.4 Å². The molecule has 1 aliphatic rings. The Balaban J connectivity index is 2.41. The fourth-order valence-corrected chi connectivity index (χ4v) is 2.65. The van der Waals surface area contributed by atoms with Gasteiger partial charge in [-0.15, -0.1) is 0 Å². The SMILES string of the molecule is CC(C)N(C(=N)N=C1NC(=O)C(=O)N1c1ccc(Cl)c(Cl)c1)C(=O)OC(C)(C)C. The van der Waals surface area contributed by atoms with Crippen molar-refractivity contribution in [3.63, 3.8) is 0 Å². The molecular formula is C18H21Cl2N5O4. The van der Waals surface area contributed by atoms with Gasteiger partial charge in [-0.1, -0.05) is 23.2 Å². The molecule has 0 aromatic heterocycles. The Bertz CT molecular complexity index is 908. The molecule has 0 saturated carbocycles. The minimum atomic E-state index is -0.934. The summed E-state index contributed by atoms with van der Waals surface area (Å²) in [5.74, 6) is -2.60. The maximum absolute atomic E-state index is 12.5. The van der Waals surface area contributed by atoms with Crippen LogP contribution < -0.4 is 10.2 Å². The van der Waals surface area contributed by atoms with Crippen LogP contribution in [0.3, 0.4) is 0 Å². The van der Waals surface area contributed by atoms with Crippen molar-refractivity contribution in [2.24, 2.45) is 4.99 Å². The summed E-state index contributed by atoms with van der Waals surface area (Å²) in [4.78, 5) is 42.6. The summed E-state index contributed by atoms with van der Waals surface area (Å²) in [6, 6.07) is 3.85. The highest BCUT2D eigenvalue weighted by Gasteiger charge is 2.38. The van der Waals surface area contributed by atoms with E-state index < -0.39 is 35.5 Å². The van der Waals surface area contributed by atoms with Crippen molar-refractivity contribution >= 4 is 58.7 Å². The van der Waals surface area contributed by atoms with Crippen molar-refractivity contribution in [1.29, 1.82) is 5.41 Å². The average Bonchev–Trinajstić information content (AvgIpc) is 2.82. The molecule has 29 heavy (non-hydrogen) atoms. The molecule has 1 saturated heterocycles. The molecule has 1 fully saturated rings. The highest BCUT2D eigenvalue weighted by Crippen LogP contribution is 2.28. The quantitative estimate of drug-likeness (QED) is 0.415. The van der Waals surface area contributed by atoms with Gasteiger partial charge in [0.2, 0.25) is 11.9 Å². The summed E-state index contributed by atoms with van der Waals surface area (Å²) in [5, 5.41) is 11.0. The zero-order chi connectivity index (χ0) is 22.1. The lowest BCUT2D eigenvalue weighted by Gasteiger charge is -2.28. The molecule has 1 aliphatic heterocycles. The minimum absolute atomic E-state index is 0.170. The van der Waals surface area contributed by atoms with Crippen molar-refractivity contribution in [1.82, 2.24) is 10.2 Å². The number of hydrogen-bond donors (Lipinski definition) is 2. The van der Waals surface area contributed by atoms with Crippen LogP contribution in [0.5, 0.6) is 0 Å². The first-order valence-corrected chi connectivity index (χ1v) is 9.37. The number of carbonyl (C=O) groups excluding carboxylic acids is 3. The summed E-state index contributed by atoms with van der Waals surface area (Å²) >= 11 is 11.9. The Morgan fingerprint density at radius 1 is 1.24 bits per heavy atom. The molecule has 3 amide bonds. The summed E-state index contributed by atoms with van der Waals surface area (Å²) in [7, 11) is 0. The number of nitrogens with zero attached hydrogens (tertiary/aromatic N) is 3. The number of guanidine groups is 2. The number of nitrogens with one attached hydrogen (secondary N) is 2. The van der Waals surface area contributed by atoms with Gasteiger partial charge in [-0.05, 0) is 52.8 Å². The van der Waals surface area contributed by atoms with Gasteiger partial charge in [0, 0.05) is 6.04 Å². The molecule has 0 unspecified atom stereocenters. The van der Waals surface area contributed by atoms with Crippen molar-refractivity contribution in [2.45, 2.75) is 46.3 Å². The van der Waals surface area contributed by atoms with E-state index in [4.69, 9.17) is 33.3 Å². The summed E-state index contributed by atoms with van der Waals surface area (Å²) in [6.45, 7) is 8.43. The van der Waals surface area contributed by atoms with Gasteiger partial charge in [0.25, 0.3) is 0 Å². The van der Waals surface area contributed by atoms with Crippen molar-refractivity contribution in [3.8, 4) is 0 Å². The maximum Gasteiger partial charge on any atom is 0.417 e. The molecule has 0 atom stereocenters. The van der Waals surface area contributed by atoms with Gasteiger partial charge >= 0.3 is 17.9 Å². The Hall–Kier alpha value is -2.65. The van der Waals surface area contributed by atoms with Gasteiger partial charge in [0.1, 0.15) is 5.60 Å². The van der Waals surface area contributed by atoms with Crippen molar-refractivity contribution in [2.75, 3.05) is 4.90 Å². The van der Waals surface area contributed by atoms with Crippen LogP contribution in [0.15, 0.2) is 23.2 Å². The Labute approximate surface area is 178 Å². The molecule has 1 aromatic carbocycles. The van der Waals surface area contributed by atoms with Crippen LogP contribution in [0.2, 0.25) is 10.0 Å². The second-order valence-corrected chi connectivity index (χ2v) is 8.21. The van der Waals surface area contributed by atoms with E-state index in [0.29, 0.717) is 0 Å². The minimum Gasteiger partial charge on any atom is -0.443 e. The molecule has 0 aliphatic carbocycles. The van der Waals surface area contributed by atoms with Crippen LogP contribution in [0.25, 0.3) is 0 Å². The Morgan fingerprint density at radius 2 is 1.86 bits per heavy atom. The molecule has 1 heterocycles. The lowest BCUT2D eigenvalue weighted by Crippen LogP contribution is -2.45. The smallest absolute Gasteiger partial charge is 0.417 e. The third-order valence-corrected chi connectivity index (χ3v) is 4.28. The topological polar surface area (TPSA) is 115 Å². The summed E-state index contributed by atoms with van der Waals surface area (Å²) < 4.78 is 5.31. The molecule has 2 rings (SSSR count). The number of rotatable bonds is 2. The number of carbonyl (C=O) groups is 3. The normalized spacial score (nSPS) is 15.7. The number of ether oxygens (including phenoxy) is 1. The molecular weight excluding hydrogens is 421 g/mol. The van der Waals surface area contributed by atoms with E-state index in [9.17, 15) is 14.4 Å². The zero-order valence-corrected chi connectivity index (χ0v) is 18.1. The van der Waals surface area contributed by atoms with Crippen LogP contribution in [0.4, 0.5) is 10.5 Å². The Morgan fingerprint density at radius 3 is 2.38 bits per heavy atom. The number of amides is 3. The maximum atomic E-state index is 12.5. The predicted octanol–water partition coefficient (Wildman–Crippen LogP) is 3.39. The monoisotopic (exact) mass is 441 g/mol. The van der Waals surface area contributed by atoms with Gasteiger partial charge in [-0.2, -0.15) is 4.99 Å². The first-order valence-electron chi connectivity index (χ1n) is 8.61. The fraction of sp³-hybridized carbons (Fsp3) is 0.389. The first kappa shape index (κ1) is 22.6. The summed E-state index contributed by atoms with van der Waals surface area (Å²) in [5.41, 5.74) is -0.552. The van der Waals surface area contributed by atoms with E-state index in [0.717, 1.165) is 9.80 Å². The molecule has 11 heteroatoms. The standard InChI is InChI=1S/C18H21Cl2N5O4/c1-9(2)24(17(28)29-18(3,4)5)15(21)23-16-22-13(26)14(27)25(16)10-6-7-11(19)12(20)8-10/h6-9H,1-5H3,(H2,21,22,23,26). The third-order valence-electron chi connectivity index (χ3n) is 3.54. The largest absolute Gasteiger partial charge is 0.443 e. The zero-order valence-electron chi connectivity index (χ0n) is 16.5. The number of halogens is 2. The number of anilines is 1. The lowest BCUT2D eigenvalue weighted by atomic mass is 10.2. The van der Waals surface area contributed by atoms with Crippen molar-refractivity contribution in [3.05, 3.63) is 28.2 Å². The van der Waals surface area contributed by atoms with E-state index in [1.165, 1.54) is 18.2 Å². The van der Waals surface area contributed by atoms with E-state index in [1.807, 2.05) is 0 Å². The van der Waals surface area contributed by atoms with E-state index in [1.54, 1.807) is 34.6 Å². The van der Waals surface area contributed by atoms with Gasteiger partial charge in [-0.25, -0.2) is 14.6 Å². The molecule has 0 spiro atoms. The number of aliphatic imine (C=N–C) groups is 1. The predicted molar refractivity (Wildman–Crippen MR) is 110 cm³/mol. The molecule has 156 valence electrons. The van der Waals surface area contributed by atoms with E-state index in [-0.39, 0.29) is 21.7 Å². The van der Waals surface area contributed by atoms with Gasteiger partial charge < -0.3 is 4.74 Å².